The summed E-state index contributed by atoms with van der Waals surface area (Å²) in [5.41, 5.74) is 1.21. The van der Waals surface area contributed by atoms with Gasteiger partial charge in [0, 0.05) is 13.7 Å². The Hall–Kier alpha value is -1.19. The third-order valence-electron chi connectivity index (χ3n) is 2.05. The van der Waals surface area contributed by atoms with E-state index in [1.807, 2.05) is 30.1 Å². The first-order valence-electron chi connectivity index (χ1n) is 4.95. The molecule has 0 spiro atoms. The highest BCUT2D eigenvalue weighted by Gasteiger charge is 2.06. The molecule has 0 unspecified atom stereocenters. The summed E-state index contributed by atoms with van der Waals surface area (Å²) in [5.74, 6) is 0.107. The third kappa shape index (κ3) is 4.72. The van der Waals surface area contributed by atoms with Crippen LogP contribution in [0.4, 0.5) is 0 Å². The van der Waals surface area contributed by atoms with Gasteiger partial charge in [0.15, 0.2) is 5.78 Å². The molecule has 0 fully saturated rings. The monoisotopic (exact) mass is 207 g/mol. The number of carbonyl (C=O) groups is 1. The maximum Gasteiger partial charge on any atom is 0.172 e. The van der Waals surface area contributed by atoms with E-state index >= 15 is 0 Å². The fraction of sp³-hybridized carbons (Fsp3) is 0.417. The van der Waals surface area contributed by atoms with E-state index in [1.165, 1.54) is 12.7 Å². The van der Waals surface area contributed by atoms with Crippen LogP contribution in [0.25, 0.3) is 0 Å². The topological polar surface area (TPSA) is 29.5 Å². The first-order valence-corrected chi connectivity index (χ1v) is 4.95. The highest BCUT2D eigenvalue weighted by Crippen LogP contribution is 2.02. The maximum atomic E-state index is 11.3. The molecule has 0 heterocycles. The molecular weight excluding hydrogens is 190 g/mol. The minimum atomic E-state index is 0.107. The van der Waals surface area contributed by atoms with Gasteiger partial charge in [0.25, 0.3) is 0 Å². The lowest BCUT2D eigenvalue weighted by atomic mass is 10.2. The SMILES string of the molecule is COCC(=O)CN(C)Cc1ccccc1. The Balaban J connectivity index is 2.36. The van der Waals surface area contributed by atoms with E-state index in [1.54, 1.807) is 0 Å². The Kier molecular flexibility index (Phi) is 5.01. The fourth-order valence-corrected chi connectivity index (χ4v) is 1.46. The van der Waals surface area contributed by atoms with Crippen molar-refractivity contribution in [1.29, 1.82) is 0 Å². The average Bonchev–Trinajstić information content (AvgIpc) is 2.19. The van der Waals surface area contributed by atoms with Crippen LogP contribution in [0.15, 0.2) is 30.3 Å². The molecule has 82 valence electrons. The molecular formula is C12H17NO2. The lowest BCUT2D eigenvalue weighted by molar-refractivity contribution is -0.123. The average molecular weight is 207 g/mol. The van der Waals surface area contributed by atoms with E-state index in [0.29, 0.717) is 6.54 Å². The molecule has 0 radical (unpaired) electrons. The molecule has 1 rings (SSSR count). The molecule has 0 aliphatic carbocycles. The van der Waals surface area contributed by atoms with Crippen LogP contribution in [0, 0.1) is 0 Å². The molecule has 3 heteroatoms. The van der Waals surface area contributed by atoms with E-state index in [0.717, 1.165) is 6.54 Å². The summed E-state index contributed by atoms with van der Waals surface area (Å²) >= 11 is 0. The van der Waals surface area contributed by atoms with Gasteiger partial charge in [-0.25, -0.2) is 0 Å². The second-order valence-electron chi connectivity index (χ2n) is 3.63. The van der Waals surface area contributed by atoms with E-state index in [2.05, 4.69) is 12.1 Å². The lowest BCUT2D eigenvalue weighted by Crippen LogP contribution is -2.27. The molecule has 1 aromatic rings. The first kappa shape index (κ1) is 11.9. The molecule has 0 atom stereocenters. The van der Waals surface area contributed by atoms with Crippen LogP contribution in [-0.4, -0.2) is 38.0 Å². The van der Waals surface area contributed by atoms with Crippen LogP contribution >= 0.6 is 0 Å². The number of nitrogens with zero attached hydrogens (tertiary/aromatic N) is 1. The van der Waals surface area contributed by atoms with Gasteiger partial charge in [-0.1, -0.05) is 30.3 Å². The summed E-state index contributed by atoms with van der Waals surface area (Å²) in [7, 11) is 3.47. The van der Waals surface area contributed by atoms with Crippen molar-refractivity contribution >= 4 is 5.78 Å². The van der Waals surface area contributed by atoms with Gasteiger partial charge in [-0.05, 0) is 12.6 Å². The summed E-state index contributed by atoms with van der Waals surface area (Å²) in [6, 6.07) is 10.1. The zero-order chi connectivity index (χ0) is 11.1. The predicted octanol–water partition coefficient (Wildman–Crippen LogP) is 1.33. The molecule has 1 aromatic carbocycles. The fourth-order valence-electron chi connectivity index (χ4n) is 1.46. The largest absolute Gasteiger partial charge is 0.377 e. The van der Waals surface area contributed by atoms with E-state index in [-0.39, 0.29) is 12.4 Å². The number of hydrogen-bond donors (Lipinski definition) is 0. The number of likely N-dealkylation sites (N-methyl/N-ethyl adjacent to an activating group) is 1. The molecule has 0 amide bonds. The minimum absolute atomic E-state index is 0.107. The van der Waals surface area contributed by atoms with Crippen molar-refractivity contribution in [3.8, 4) is 0 Å². The van der Waals surface area contributed by atoms with Gasteiger partial charge < -0.3 is 4.74 Å². The molecule has 3 nitrogen and oxygen atoms in total. The molecule has 0 aliphatic heterocycles. The number of carbonyl (C=O) groups excluding carboxylic acids is 1. The van der Waals surface area contributed by atoms with Crippen molar-refractivity contribution < 1.29 is 9.53 Å². The molecule has 0 N–H and O–H groups in total. The Labute approximate surface area is 90.7 Å². The van der Waals surface area contributed by atoms with Crippen LogP contribution in [0.3, 0.4) is 0 Å². The Morgan fingerprint density at radius 3 is 2.60 bits per heavy atom. The second-order valence-corrected chi connectivity index (χ2v) is 3.63. The Bertz CT molecular complexity index is 298. The lowest BCUT2D eigenvalue weighted by Gasteiger charge is -2.15. The summed E-state index contributed by atoms with van der Waals surface area (Å²) < 4.78 is 4.78. The van der Waals surface area contributed by atoms with Gasteiger partial charge in [-0.2, -0.15) is 0 Å². The first-order chi connectivity index (χ1) is 7.22. The number of methoxy groups -OCH3 is 1. The summed E-state index contributed by atoms with van der Waals surface area (Å²) in [6.45, 7) is 1.41. The predicted molar refractivity (Wildman–Crippen MR) is 59.7 cm³/mol. The molecule has 0 saturated carbocycles. The Morgan fingerprint density at radius 1 is 1.33 bits per heavy atom. The maximum absolute atomic E-state index is 11.3. The molecule has 15 heavy (non-hydrogen) atoms. The molecule has 0 aromatic heterocycles. The van der Waals surface area contributed by atoms with Crippen LogP contribution in [0.2, 0.25) is 0 Å². The standard InChI is InChI=1S/C12H17NO2/c1-13(9-12(14)10-15-2)8-11-6-4-3-5-7-11/h3-7H,8-10H2,1-2H3. The highest BCUT2D eigenvalue weighted by molar-refractivity contribution is 5.81. The normalized spacial score (nSPS) is 10.6. The van der Waals surface area contributed by atoms with E-state index in [9.17, 15) is 4.79 Å². The quantitative estimate of drug-likeness (QED) is 0.705. The number of ketones is 1. The van der Waals surface area contributed by atoms with E-state index < -0.39 is 0 Å². The zero-order valence-corrected chi connectivity index (χ0v) is 9.27. The van der Waals surface area contributed by atoms with Crippen molar-refractivity contribution in [2.75, 3.05) is 27.3 Å². The van der Waals surface area contributed by atoms with Crippen LogP contribution in [0.1, 0.15) is 5.56 Å². The van der Waals surface area contributed by atoms with Crippen molar-refractivity contribution in [3.05, 3.63) is 35.9 Å². The van der Waals surface area contributed by atoms with Crippen molar-refractivity contribution in [3.63, 3.8) is 0 Å². The number of Topliss-reactive ketones (excluding diaryl/α,β-unsaturated/α-hetero) is 1. The van der Waals surface area contributed by atoms with Gasteiger partial charge in [-0.3, -0.25) is 9.69 Å². The van der Waals surface area contributed by atoms with Gasteiger partial charge >= 0.3 is 0 Å². The van der Waals surface area contributed by atoms with Crippen LogP contribution in [0.5, 0.6) is 0 Å². The highest BCUT2D eigenvalue weighted by atomic mass is 16.5. The minimum Gasteiger partial charge on any atom is -0.377 e. The van der Waals surface area contributed by atoms with Gasteiger partial charge in [0.1, 0.15) is 6.61 Å². The van der Waals surface area contributed by atoms with Crippen LogP contribution in [-0.2, 0) is 16.1 Å². The van der Waals surface area contributed by atoms with Gasteiger partial charge in [-0.15, -0.1) is 0 Å². The summed E-state index contributed by atoms with van der Waals surface area (Å²) in [5, 5.41) is 0. The van der Waals surface area contributed by atoms with Crippen LogP contribution < -0.4 is 0 Å². The van der Waals surface area contributed by atoms with Crippen molar-refractivity contribution in [1.82, 2.24) is 4.90 Å². The van der Waals surface area contributed by atoms with Gasteiger partial charge in [0.2, 0.25) is 0 Å². The number of rotatable bonds is 6. The Morgan fingerprint density at radius 2 is 2.00 bits per heavy atom. The zero-order valence-electron chi connectivity index (χ0n) is 9.27. The van der Waals surface area contributed by atoms with E-state index in [4.69, 9.17) is 4.74 Å². The number of benzene rings is 1. The molecule has 0 bridgehead atoms. The van der Waals surface area contributed by atoms with Crippen molar-refractivity contribution in [2.24, 2.45) is 0 Å². The second kappa shape index (κ2) is 6.32. The summed E-state index contributed by atoms with van der Waals surface area (Å²) in [6.07, 6.45) is 0. The summed E-state index contributed by atoms with van der Waals surface area (Å²) in [4.78, 5) is 13.3. The van der Waals surface area contributed by atoms with Crippen molar-refractivity contribution in [2.45, 2.75) is 6.54 Å². The molecule has 0 aliphatic rings. The molecule has 0 saturated heterocycles. The van der Waals surface area contributed by atoms with Gasteiger partial charge in [0.05, 0.1) is 6.54 Å². The smallest absolute Gasteiger partial charge is 0.172 e. The number of ether oxygens (including phenoxy) is 1. The third-order valence-corrected chi connectivity index (χ3v) is 2.05. The number of hydrogen-bond acceptors (Lipinski definition) is 3.